The number of hydrogen-bond acceptors (Lipinski definition) is 2. The van der Waals surface area contributed by atoms with Crippen molar-refractivity contribution in [3.05, 3.63) is 64.7 Å². The molecular weight excluding hydrogens is 328 g/mol. The summed E-state index contributed by atoms with van der Waals surface area (Å²) in [4.78, 5) is 4.29. The summed E-state index contributed by atoms with van der Waals surface area (Å²) in [6.45, 7) is 0. The highest BCUT2D eigenvalue weighted by molar-refractivity contribution is 9.10. The first-order valence-electron chi connectivity index (χ1n) is 6.97. The highest BCUT2D eigenvalue weighted by Gasteiger charge is 2.10. The van der Waals surface area contributed by atoms with Crippen LogP contribution in [0.4, 0.5) is 0 Å². The Morgan fingerprint density at radius 2 is 1.95 bits per heavy atom. The van der Waals surface area contributed by atoms with Gasteiger partial charge in [-0.2, -0.15) is 0 Å². The van der Waals surface area contributed by atoms with Crippen LogP contribution < -0.4 is 0 Å². The Balaban J connectivity index is 1.76. The summed E-state index contributed by atoms with van der Waals surface area (Å²) < 4.78 is 3.06. The fourth-order valence-electron chi connectivity index (χ4n) is 2.51. The Morgan fingerprint density at radius 3 is 2.71 bits per heavy atom. The predicted octanol–water partition coefficient (Wildman–Crippen LogP) is 4.00. The van der Waals surface area contributed by atoms with Crippen molar-refractivity contribution in [1.29, 1.82) is 0 Å². The summed E-state index contributed by atoms with van der Waals surface area (Å²) >= 11 is 3.47. The summed E-state index contributed by atoms with van der Waals surface area (Å²) in [6.07, 6.45) is 4.69. The zero-order valence-electron chi connectivity index (χ0n) is 11.8. The summed E-state index contributed by atoms with van der Waals surface area (Å²) in [5.74, 6) is 0.999. The molecule has 1 aromatic heterocycles. The zero-order valence-corrected chi connectivity index (χ0v) is 13.4. The molecule has 3 rings (SSSR count). The van der Waals surface area contributed by atoms with E-state index in [4.69, 9.17) is 0 Å². The SMILES string of the molecule is Cn1ccnc1CCC(O)c1ccc2cc(Br)ccc2c1. The van der Waals surface area contributed by atoms with Crippen LogP contribution in [0.3, 0.4) is 0 Å². The van der Waals surface area contributed by atoms with E-state index in [-0.39, 0.29) is 0 Å². The summed E-state index contributed by atoms with van der Waals surface area (Å²) in [5.41, 5.74) is 0.957. The standard InChI is InChI=1S/C17H17BrN2O/c1-20-9-8-19-17(20)7-6-16(21)14-3-2-13-11-15(18)5-4-12(13)10-14/h2-5,8-11,16,21H,6-7H2,1H3. The largest absolute Gasteiger partial charge is 0.388 e. The van der Waals surface area contributed by atoms with E-state index in [0.29, 0.717) is 6.42 Å². The first kappa shape index (κ1) is 14.3. The van der Waals surface area contributed by atoms with Gasteiger partial charge in [0, 0.05) is 30.3 Å². The maximum absolute atomic E-state index is 10.4. The molecule has 0 aliphatic rings. The van der Waals surface area contributed by atoms with E-state index in [1.807, 2.05) is 29.9 Å². The molecule has 1 heterocycles. The molecule has 1 N–H and O–H groups in total. The molecule has 0 amide bonds. The normalized spacial score (nSPS) is 12.7. The number of rotatable bonds is 4. The van der Waals surface area contributed by atoms with Gasteiger partial charge in [-0.25, -0.2) is 4.98 Å². The average Bonchev–Trinajstić information content (AvgIpc) is 2.89. The van der Waals surface area contributed by atoms with Gasteiger partial charge < -0.3 is 9.67 Å². The molecule has 1 atom stereocenters. The van der Waals surface area contributed by atoms with Crippen LogP contribution in [0.15, 0.2) is 53.3 Å². The molecule has 2 aromatic carbocycles. The molecule has 0 aliphatic carbocycles. The minimum Gasteiger partial charge on any atom is -0.388 e. The number of aromatic nitrogens is 2. The first-order valence-corrected chi connectivity index (χ1v) is 7.76. The third-order valence-electron chi connectivity index (χ3n) is 3.77. The fraction of sp³-hybridized carbons (Fsp3) is 0.235. The van der Waals surface area contributed by atoms with Crippen molar-refractivity contribution in [2.24, 2.45) is 7.05 Å². The topological polar surface area (TPSA) is 38.0 Å². The van der Waals surface area contributed by atoms with Crippen LogP contribution in [-0.4, -0.2) is 14.7 Å². The van der Waals surface area contributed by atoms with Gasteiger partial charge in [0.15, 0.2) is 0 Å². The molecule has 1 unspecified atom stereocenters. The average molecular weight is 345 g/mol. The van der Waals surface area contributed by atoms with Gasteiger partial charge in [-0.05, 0) is 41.0 Å². The van der Waals surface area contributed by atoms with Crippen LogP contribution in [0.2, 0.25) is 0 Å². The number of halogens is 1. The molecule has 0 radical (unpaired) electrons. The summed E-state index contributed by atoms with van der Waals surface area (Å²) in [6, 6.07) is 12.3. The number of imidazole rings is 1. The van der Waals surface area contributed by atoms with Crippen molar-refractivity contribution in [3.63, 3.8) is 0 Å². The van der Waals surface area contributed by atoms with Gasteiger partial charge in [-0.1, -0.05) is 34.1 Å². The van der Waals surface area contributed by atoms with E-state index >= 15 is 0 Å². The third kappa shape index (κ3) is 3.17. The Morgan fingerprint density at radius 1 is 1.19 bits per heavy atom. The Bertz CT molecular complexity index is 766. The smallest absolute Gasteiger partial charge is 0.108 e. The van der Waals surface area contributed by atoms with Crippen LogP contribution >= 0.6 is 15.9 Å². The molecule has 3 aromatic rings. The van der Waals surface area contributed by atoms with E-state index in [1.165, 1.54) is 5.39 Å². The van der Waals surface area contributed by atoms with E-state index in [9.17, 15) is 5.11 Å². The van der Waals surface area contributed by atoms with Gasteiger partial charge >= 0.3 is 0 Å². The molecule has 3 nitrogen and oxygen atoms in total. The van der Waals surface area contributed by atoms with Gasteiger partial charge in [0.1, 0.15) is 5.82 Å². The highest BCUT2D eigenvalue weighted by Crippen LogP contribution is 2.25. The minimum atomic E-state index is -0.463. The van der Waals surface area contributed by atoms with Gasteiger partial charge in [-0.3, -0.25) is 0 Å². The van der Waals surface area contributed by atoms with Crippen LogP contribution in [-0.2, 0) is 13.5 Å². The lowest BCUT2D eigenvalue weighted by molar-refractivity contribution is 0.167. The van der Waals surface area contributed by atoms with Gasteiger partial charge in [0.05, 0.1) is 6.10 Å². The van der Waals surface area contributed by atoms with E-state index in [2.05, 4.69) is 45.2 Å². The molecule has 0 fully saturated rings. The lowest BCUT2D eigenvalue weighted by atomic mass is 10.0. The lowest BCUT2D eigenvalue weighted by Gasteiger charge is -2.12. The maximum Gasteiger partial charge on any atom is 0.108 e. The van der Waals surface area contributed by atoms with Crippen molar-refractivity contribution in [2.75, 3.05) is 0 Å². The molecule has 0 aliphatic heterocycles. The quantitative estimate of drug-likeness (QED) is 0.776. The van der Waals surface area contributed by atoms with Crippen LogP contribution in [0.25, 0.3) is 10.8 Å². The van der Waals surface area contributed by atoms with Crippen molar-refractivity contribution in [3.8, 4) is 0 Å². The molecule has 0 saturated heterocycles. The second kappa shape index (κ2) is 6.00. The molecule has 108 valence electrons. The molecule has 0 saturated carbocycles. The second-order valence-electron chi connectivity index (χ2n) is 5.26. The Kier molecular flexibility index (Phi) is 4.08. The minimum absolute atomic E-state index is 0.463. The van der Waals surface area contributed by atoms with Gasteiger partial charge in [0.25, 0.3) is 0 Å². The number of fused-ring (bicyclic) bond motifs is 1. The highest BCUT2D eigenvalue weighted by atomic mass is 79.9. The molecule has 21 heavy (non-hydrogen) atoms. The van der Waals surface area contributed by atoms with Crippen LogP contribution in [0, 0.1) is 0 Å². The number of aliphatic hydroxyl groups is 1. The zero-order chi connectivity index (χ0) is 14.8. The number of benzene rings is 2. The molecule has 4 heteroatoms. The lowest BCUT2D eigenvalue weighted by Crippen LogP contribution is -2.03. The van der Waals surface area contributed by atoms with Gasteiger partial charge in [-0.15, -0.1) is 0 Å². The van der Waals surface area contributed by atoms with Crippen LogP contribution in [0.1, 0.15) is 23.9 Å². The van der Waals surface area contributed by atoms with Crippen molar-refractivity contribution in [1.82, 2.24) is 9.55 Å². The predicted molar refractivity (Wildman–Crippen MR) is 88.1 cm³/mol. The first-order chi connectivity index (χ1) is 10.1. The van der Waals surface area contributed by atoms with Crippen LogP contribution in [0.5, 0.6) is 0 Å². The van der Waals surface area contributed by atoms with Gasteiger partial charge in [0.2, 0.25) is 0 Å². The fourth-order valence-corrected chi connectivity index (χ4v) is 2.89. The third-order valence-corrected chi connectivity index (χ3v) is 4.27. The number of aryl methyl sites for hydroxylation is 2. The number of aliphatic hydroxyl groups excluding tert-OH is 1. The van der Waals surface area contributed by atoms with Crippen molar-refractivity contribution in [2.45, 2.75) is 18.9 Å². The van der Waals surface area contributed by atoms with E-state index in [0.717, 1.165) is 27.7 Å². The Hall–Kier alpha value is -1.65. The molecule has 0 bridgehead atoms. The summed E-state index contributed by atoms with van der Waals surface area (Å²) in [5, 5.41) is 12.7. The van der Waals surface area contributed by atoms with Crippen molar-refractivity contribution < 1.29 is 5.11 Å². The monoisotopic (exact) mass is 344 g/mol. The maximum atomic E-state index is 10.4. The van der Waals surface area contributed by atoms with Crippen molar-refractivity contribution >= 4 is 26.7 Å². The van der Waals surface area contributed by atoms with E-state index in [1.54, 1.807) is 6.20 Å². The summed E-state index contributed by atoms with van der Waals surface area (Å²) in [7, 11) is 1.97. The second-order valence-corrected chi connectivity index (χ2v) is 6.18. The number of nitrogens with zero attached hydrogens (tertiary/aromatic N) is 2. The molecule has 0 spiro atoms. The number of hydrogen-bond donors (Lipinski definition) is 1. The van der Waals surface area contributed by atoms with E-state index < -0.39 is 6.10 Å². The molecular formula is C17H17BrN2O. The Labute approximate surface area is 132 Å².